The van der Waals surface area contributed by atoms with Gasteiger partial charge in [-0.25, -0.2) is 0 Å². The van der Waals surface area contributed by atoms with Gasteiger partial charge < -0.3 is 10.1 Å². The van der Waals surface area contributed by atoms with Crippen LogP contribution < -0.4 is 10.1 Å². The van der Waals surface area contributed by atoms with Gasteiger partial charge in [0.2, 0.25) is 5.88 Å². The molecule has 0 unspecified atom stereocenters. The number of benzene rings is 1. The zero-order chi connectivity index (χ0) is 11.9. The molecular formula is C13H16N2OS. The molecule has 0 saturated heterocycles. The summed E-state index contributed by atoms with van der Waals surface area (Å²) in [5, 5.41) is 6.15. The van der Waals surface area contributed by atoms with Gasteiger partial charge in [-0.3, -0.25) is 0 Å². The van der Waals surface area contributed by atoms with Crippen molar-refractivity contribution in [1.29, 1.82) is 0 Å². The van der Waals surface area contributed by atoms with Crippen molar-refractivity contribution in [2.45, 2.75) is 13.3 Å². The number of thiazole rings is 1. The molecule has 2 aromatic rings. The average Bonchev–Trinajstić information content (AvgIpc) is 2.79. The van der Waals surface area contributed by atoms with Crippen LogP contribution in [0.2, 0.25) is 0 Å². The molecule has 0 aliphatic heterocycles. The van der Waals surface area contributed by atoms with E-state index in [1.165, 1.54) is 5.56 Å². The SMILES string of the molecule is CCOc1csc(NCCc2ccccc2)n1. The van der Waals surface area contributed by atoms with E-state index in [0.29, 0.717) is 12.5 Å². The van der Waals surface area contributed by atoms with E-state index in [2.05, 4.69) is 34.6 Å². The quantitative estimate of drug-likeness (QED) is 0.852. The van der Waals surface area contributed by atoms with Crippen LogP contribution in [0.1, 0.15) is 12.5 Å². The van der Waals surface area contributed by atoms with Crippen molar-refractivity contribution in [2.24, 2.45) is 0 Å². The van der Waals surface area contributed by atoms with E-state index in [1.807, 2.05) is 18.4 Å². The van der Waals surface area contributed by atoms with Crippen LogP contribution in [0.3, 0.4) is 0 Å². The number of hydrogen-bond acceptors (Lipinski definition) is 4. The third-order valence-corrected chi connectivity index (χ3v) is 3.09. The Hall–Kier alpha value is -1.55. The minimum atomic E-state index is 0.660. The molecule has 4 heteroatoms. The van der Waals surface area contributed by atoms with Gasteiger partial charge in [-0.15, -0.1) is 11.3 Å². The van der Waals surface area contributed by atoms with Crippen molar-refractivity contribution in [3.05, 3.63) is 41.3 Å². The maximum atomic E-state index is 5.31. The first-order valence-corrected chi connectivity index (χ1v) is 6.62. The third kappa shape index (κ3) is 3.75. The van der Waals surface area contributed by atoms with Crippen molar-refractivity contribution < 1.29 is 4.74 Å². The Bertz CT molecular complexity index is 442. The van der Waals surface area contributed by atoms with E-state index >= 15 is 0 Å². The molecule has 2 rings (SSSR count). The normalized spacial score (nSPS) is 10.2. The molecule has 0 fully saturated rings. The monoisotopic (exact) mass is 248 g/mol. The molecular weight excluding hydrogens is 232 g/mol. The first-order valence-electron chi connectivity index (χ1n) is 5.74. The van der Waals surface area contributed by atoms with Gasteiger partial charge in [0.05, 0.1) is 12.0 Å². The molecule has 1 heterocycles. The van der Waals surface area contributed by atoms with Crippen LogP contribution >= 0.6 is 11.3 Å². The Kier molecular flexibility index (Phi) is 4.38. The van der Waals surface area contributed by atoms with Gasteiger partial charge in [-0.2, -0.15) is 4.98 Å². The fraction of sp³-hybridized carbons (Fsp3) is 0.308. The molecule has 0 aliphatic rings. The number of aromatic nitrogens is 1. The maximum Gasteiger partial charge on any atom is 0.226 e. The van der Waals surface area contributed by atoms with E-state index < -0.39 is 0 Å². The standard InChI is InChI=1S/C13H16N2OS/c1-2-16-12-10-17-13(15-12)14-9-8-11-6-4-3-5-7-11/h3-7,10H,2,8-9H2,1H3,(H,14,15). The van der Waals surface area contributed by atoms with E-state index in [0.717, 1.165) is 18.1 Å². The molecule has 17 heavy (non-hydrogen) atoms. The van der Waals surface area contributed by atoms with Crippen molar-refractivity contribution in [3.8, 4) is 5.88 Å². The van der Waals surface area contributed by atoms with Crippen molar-refractivity contribution >= 4 is 16.5 Å². The van der Waals surface area contributed by atoms with Crippen LogP contribution in [-0.4, -0.2) is 18.1 Å². The van der Waals surface area contributed by atoms with Crippen LogP contribution in [0.5, 0.6) is 5.88 Å². The Morgan fingerprint density at radius 2 is 2.12 bits per heavy atom. The van der Waals surface area contributed by atoms with Crippen LogP contribution in [0, 0.1) is 0 Å². The summed E-state index contributed by atoms with van der Waals surface area (Å²) in [6.45, 7) is 3.51. The van der Waals surface area contributed by atoms with Gasteiger partial charge in [-0.05, 0) is 18.9 Å². The zero-order valence-electron chi connectivity index (χ0n) is 9.85. The fourth-order valence-electron chi connectivity index (χ4n) is 1.51. The molecule has 90 valence electrons. The second kappa shape index (κ2) is 6.25. The second-order valence-electron chi connectivity index (χ2n) is 3.59. The van der Waals surface area contributed by atoms with Gasteiger partial charge in [0.1, 0.15) is 0 Å². The molecule has 0 bridgehead atoms. The molecule has 0 atom stereocenters. The summed E-state index contributed by atoms with van der Waals surface area (Å²) in [6.07, 6.45) is 1.00. The van der Waals surface area contributed by atoms with Crippen LogP contribution in [0.25, 0.3) is 0 Å². The maximum absolute atomic E-state index is 5.31. The van der Waals surface area contributed by atoms with Gasteiger partial charge in [0.25, 0.3) is 0 Å². The molecule has 1 aromatic heterocycles. The molecule has 0 aliphatic carbocycles. The molecule has 3 nitrogen and oxygen atoms in total. The molecule has 0 saturated carbocycles. The minimum absolute atomic E-state index is 0.660. The summed E-state index contributed by atoms with van der Waals surface area (Å²) in [4.78, 5) is 4.32. The molecule has 1 aromatic carbocycles. The number of nitrogens with zero attached hydrogens (tertiary/aromatic N) is 1. The van der Waals surface area contributed by atoms with Gasteiger partial charge in [0.15, 0.2) is 5.13 Å². The van der Waals surface area contributed by atoms with E-state index in [1.54, 1.807) is 11.3 Å². The molecule has 0 radical (unpaired) electrons. The predicted octanol–water partition coefficient (Wildman–Crippen LogP) is 3.20. The number of ether oxygens (including phenoxy) is 1. The van der Waals surface area contributed by atoms with Crippen molar-refractivity contribution in [1.82, 2.24) is 4.98 Å². The van der Waals surface area contributed by atoms with Gasteiger partial charge >= 0.3 is 0 Å². The lowest BCUT2D eigenvalue weighted by atomic mass is 10.2. The van der Waals surface area contributed by atoms with E-state index in [4.69, 9.17) is 4.74 Å². The third-order valence-electron chi connectivity index (χ3n) is 2.31. The molecule has 0 amide bonds. The highest BCUT2D eigenvalue weighted by molar-refractivity contribution is 7.13. The minimum Gasteiger partial charge on any atom is -0.477 e. The van der Waals surface area contributed by atoms with Crippen molar-refractivity contribution in [2.75, 3.05) is 18.5 Å². The zero-order valence-corrected chi connectivity index (χ0v) is 10.7. The Morgan fingerprint density at radius 3 is 2.88 bits per heavy atom. The van der Waals surface area contributed by atoms with Crippen LogP contribution in [0.4, 0.5) is 5.13 Å². The highest BCUT2D eigenvalue weighted by Crippen LogP contribution is 2.20. The largest absolute Gasteiger partial charge is 0.477 e. The number of rotatable bonds is 6. The summed E-state index contributed by atoms with van der Waals surface area (Å²) in [6, 6.07) is 10.4. The van der Waals surface area contributed by atoms with Crippen LogP contribution in [0.15, 0.2) is 35.7 Å². The Morgan fingerprint density at radius 1 is 1.29 bits per heavy atom. The van der Waals surface area contributed by atoms with E-state index in [9.17, 15) is 0 Å². The smallest absolute Gasteiger partial charge is 0.226 e. The van der Waals surface area contributed by atoms with Crippen molar-refractivity contribution in [3.63, 3.8) is 0 Å². The summed E-state index contributed by atoms with van der Waals surface area (Å²) in [5.74, 6) is 0.708. The second-order valence-corrected chi connectivity index (χ2v) is 4.44. The number of anilines is 1. The fourth-order valence-corrected chi connectivity index (χ4v) is 2.17. The molecule has 0 spiro atoms. The first kappa shape index (κ1) is 11.9. The average molecular weight is 248 g/mol. The lowest BCUT2D eigenvalue weighted by molar-refractivity contribution is 0.329. The lowest BCUT2D eigenvalue weighted by Gasteiger charge is -2.02. The highest BCUT2D eigenvalue weighted by atomic mass is 32.1. The lowest BCUT2D eigenvalue weighted by Crippen LogP contribution is -2.04. The molecule has 1 N–H and O–H groups in total. The predicted molar refractivity (Wildman–Crippen MR) is 71.9 cm³/mol. The highest BCUT2D eigenvalue weighted by Gasteiger charge is 2.01. The summed E-state index contributed by atoms with van der Waals surface area (Å²) >= 11 is 1.58. The number of hydrogen-bond donors (Lipinski definition) is 1. The number of nitrogens with one attached hydrogen (secondary N) is 1. The summed E-state index contributed by atoms with van der Waals surface area (Å²) < 4.78 is 5.31. The van der Waals surface area contributed by atoms with E-state index in [-0.39, 0.29) is 0 Å². The Labute approximate surface area is 105 Å². The topological polar surface area (TPSA) is 34.1 Å². The Balaban J connectivity index is 1.78. The van der Waals surface area contributed by atoms with Crippen LogP contribution in [-0.2, 0) is 6.42 Å². The first-order chi connectivity index (χ1) is 8.38. The van der Waals surface area contributed by atoms with Gasteiger partial charge in [-0.1, -0.05) is 30.3 Å². The summed E-state index contributed by atoms with van der Waals surface area (Å²) in [7, 11) is 0. The van der Waals surface area contributed by atoms with Gasteiger partial charge in [0, 0.05) is 6.54 Å². The summed E-state index contributed by atoms with van der Waals surface area (Å²) in [5.41, 5.74) is 1.33.